The van der Waals surface area contributed by atoms with Crippen LogP contribution in [0.25, 0.3) is 0 Å². The molecule has 0 spiro atoms. The van der Waals surface area contributed by atoms with Gasteiger partial charge in [0.2, 0.25) is 11.9 Å². The fourth-order valence-corrected chi connectivity index (χ4v) is 5.16. The largest absolute Gasteiger partial charge is 0.350 e. The fourth-order valence-electron chi connectivity index (χ4n) is 4.81. The first-order chi connectivity index (χ1) is 17.3. The van der Waals surface area contributed by atoms with Crippen LogP contribution < -0.4 is 10.6 Å². The summed E-state index contributed by atoms with van der Waals surface area (Å²) in [6.45, 7) is 2.57. The van der Waals surface area contributed by atoms with E-state index < -0.39 is 13.0 Å². The number of piperazine rings is 1. The van der Waals surface area contributed by atoms with Crippen molar-refractivity contribution < 1.29 is 18.4 Å². The SMILES string of the molecule is CN1CCN(C(=O)c2ccc(Nc3ncc(Br)c(C[C@@H]4CCC[C@@H]4C(=O)NCC(F)F)n3)cc2)CC1. The lowest BCUT2D eigenvalue weighted by Crippen LogP contribution is -2.47. The van der Waals surface area contributed by atoms with E-state index in [1.54, 1.807) is 18.3 Å². The maximum absolute atomic E-state index is 12.8. The summed E-state index contributed by atoms with van der Waals surface area (Å²) in [5.74, 6) is -0.148. The number of hydrogen-bond donors (Lipinski definition) is 2. The van der Waals surface area contributed by atoms with Crippen molar-refractivity contribution >= 4 is 39.4 Å². The van der Waals surface area contributed by atoms with Crippen molar-refractivity contribution in [3.63, 3.8) is 0 Å². The van der Waals surface area contributed by atoms with Crippen molar-refractivity contribution in [2.45, 2.75) is 32.1 Å². The molecule has 2 aliphatic rings. The van der Waals surface area contributed by atoms with E-state index in [-0.39, 0.29) is 23.7 Å². The maximum Gasteiger partial charge on any atom is 0.255 e. The topological polar surface area (TPSA) is 90.5 Å². The van der Waals surface area contributed by atoms with Gasteiger partial charge in [0.25, 0.3) is 12.3 Å². The van der Waals surface area contributed by atoms with Gasteiger partial charge >= 0.3 is 0 Å². The number of anilines is 2. The number of nitrogens with one attached hydrogen (secondary N) is 2. The van der Waals surface area contributed by atoms with E-state index in [9.17, 15) is 18.4 Å². The minimum absolute atomic E-state index is 0.0283. The lowest BCUT2D eigenvalue weighted by molar-refractivity contribution is -0.126. The number of carbonyl (C=O) groups is 2. The number of aromatic nitrogens is 2. The summed E-state index contributed by atoms with van der Waals surface area (Å²) in [7, 11) is 2.05. The van der Waals surface area contributed by atoms with Gasteiger partial charge in [-0.1, -0.05) is 6.42 Å². The third-order valence-corrected chi connectivity index (χ3v) is 7.54. The molecule has 1 saturated heterocycles. The van der Waals surface area contributed by atoms with Gasteiger partial charge in [0.15, 0.2) is 0 Å². The van der Waals surface area contributed by atoms with E-state index >= 15 is 0 Å². The predicted octanol–water partition coefficient (Wildman–Crippen LogP) is 3.71. The van der Waals surface area contributed by atoms with Gasteiger partial charge in [-0.2, -0.15) is 0 Å². The Morgan fingerprint density at radius 1 is 1.14 bits per heavy atom. The molecule has 8 nitrogen and oxygen atoms in total. The second-order valence-corrected chi connectivity index (χ2v) is 10.3. The van der Waals surface area contributed by atoms with Gasteiger partial charge in [-0.25, -0.2) is 18.7 Å². The van der Waals surface area contributed by atoms with Crippen molar-refractivity contribution in [3.05, 3.63) is 46.2 Å². The zero-order valence-electron chi connectivity index (χ0n) is 20.2. The van der Waals surface area contributed by atoms with Gasteiger partial charge in [0, 0.05) is 49.5 Å². The smallest absolute Gasteiger partial charge is 0.255 e. The molecule has 1 saturated carbocycles. The van der Waals surface area contributed by atoms with E-state index in [4.69, 9.17) is 0 Å². The van der Waals surface area contributed by atoms with Gasteiger partial charge in [-0.05, 0) is 72.4 Å². The summed E-state index contributed by atoms with van der Waals surface area (Å²) < 4.78 is 25.7. The van der Waals surface area contributed by atoms with Crippen LogP contribution in [-0.2, 0) is 11.2 Å². The average molecular weight is 565 g/mol. The molecule has 4 rings (SSSR count). The second kappa shape index (κ2) is 12.1. The zero-order valence-corrected chi connectivity index (χ0v) is 21.8. The number of rotatable bonds is 8. The van der Waals surface area contributed by atoms with Gasteiger partial charge in [0.05, 0.1) is 16.7 Å². The number of benzene rings is 1. The van der Waals surface area contributed by atoms with Gasteiger partial charge in [-0.3, -0.25) is 9.59 Å². The number of carbonyl (C=O) groups excluding carboxylic acids is 2. The molecule has 0 bridgehead atoms. The Labute approximate surface area is 218 Å². The fraction of sp³-hybridized carbons (Fsp3) is 0.520. The Hall–Kier alpha value is -2.66. The third-order valence-electron chi connectivity index (χ3n) is 6.88. The third kappa shape index (κ3) is 6.76. The van der Waals surface area contributed by atoms with Gasteiger partial charge in [-0.15, -0.1) is 0 Å². The summed E-state index contributed by atoms with van der Waals surface area (Å²) in [6.07, 6.45) is 2.06. The average Bonchev–Trinajstić information content (AvgIpc) is 3.33. The number of likely N-dealkylation sites (N-methyl/N-ethyl adjacent to an activating group) is 1. The molecule has 2 N–H and O–H groups in total. The molecular formula is C25H31BrF2N6O2. The molecule has 2 fully saturated rings. The number of hydrogen-bond acceptors (Lipinski definition) is 6. The Morgan fingerprint density at radius 3 is 2.56 bits per heavy atom. The molecule has 1 aromatic heterocycles. The van der Waals surface area contributed by atoms with Crippen LogP contribution >= 0.6 is 15.9 Å². The van der Waals surface area contributed by atoms with E-state index in [0.717, 1.165) is 54.9 Å². The number of amides is 2. The Balaban J connectivity index is 1.38. The van der Waals surface area contributed by atoms with Crippen LogP contribution in [0.15, 0.2) is 34.9 Å². The van der Waals surface area contributed by atoms with Crippen LogP contribution in [0.4, 0.5) is 20.4 Å². The molecule has 2 heterocycles. The first-order valence-corrected chi connectivity index (χ1v) is 13.0. The quantitative estimate of drug-likeness (QED) is 0.508. The minimum Gasteiger partial charge on any atom is -0.350 e. The first-order valence-electron chi connectivity index (χ1n) is 12.2. The highest BCUT2D eigenvalue weighted by atomic mass is 79.9. The monoisotopic (exact) mass is 564 g/mol. The molecule has 36 heavy (non-hydrogen) atoms. The minimum atomic E-state index is -2.56. The van der Waals surface area contributed by atoms with E-state index in [0.29, 0.717) is 24.4 Å². The van der Waals surface area contributed by atoms with Crippen LogP contribution in [0.3, 0.4) is 0 Å². The summed E-state index contributed by atoms with van der Waals surface area (Å²) in [6, 6.07) is 7.25. The lowest BCUT2D eigenvalue weighted by atomic mass is 9.90. The molecule has 2 amide bonds. The van der Waals surface area contributed by atoms with Crippen LogP contribution in [0.5, 0.6) is 0 Å². The van der Waals surface area contributed by atoms with Crippen molar-refractivity contribution in [2.75, 3.05) is 45.1 Å². The normalized spacial score (nSPS) is 20.5. The molecule has 1 aliphatic carbocycles. The van der Waals surface area contributed by atoms with Gasteiger partial charge in [0.1, 0.15) is 0 Å². The van der Waals surface area contributed by atoms with Crippen molar-refractivity contribution in [3.8, 4) is 0 Å². The maximum atomic E-state index is 12.8. The summed E-state index contributed by atoms with van der Waals surface area (Å²) in [4.78, 5) is 38.2. The zero-order chi connectivity index (χ0) is 25.7. The first kappa shape index (κ1) is 26.4. The number of nitrogens with zero attached hydrogens (tertiary/aromatic N) is 4. The van der Waals surface area contributed by atoms with Crippen molar-refractivity contribution in [2.24, 2.45) is 11.8 Å². The van der Waals surface area contributed by atoms with Crippen molar-refractivity contribution in [1.29, 1.82) is 0 Å². The molecule has 2 aromatic rings. The van der Waals surface area contributed by atoms with E-state index in [1.807, 2.05) is 17.0 Å². The highest BCUT2D eigenvalue weighted by molar-refractivity contribution is 9.10. The highest BCUT2D eigenvalue weighted by Crippen LogP contribution is 2.35. The van der Waals surface area contributed by atoms with Crippen LogP contribution in [0.1, 0.15) is 35.3 Å². The van der Waals surface area contributed by atoms with Crippen molar-refractivity contribution in [1.82, 2.24) is 25.1 Å². The van der Waals surface area contributed by atoms with Crippen LogP contribution in [-0.4, -0.2) is 77.8 Å². The predicted molar refractivity (Wildman–Crippen MR) is 136 cm³/mol. The highest BCUT2D eigenvalue weighted by Gasteiger charge is 2.34. The van der Waals surface area contributed by atoms with E-state index in [2.05, 4.69) is 48.5 Å². The summed E-state index contributed by atoms with van der Waals surface area (Å²) in [5, 5.41) is 5.54. The standard InChI is InChI=1S/C25H31BrF2N6O2/c1-33-9-11-34(12-10-33)24(36)16-5-7-18(8-6-16)31-25-30-14-20(26)21(32-25)13-17-3-2-4-19(17)23(35)29-15-22(27)28/h5-8,14,17,19,22H,2-4,9-13,15H2,1H3,(H,29,35)(H,30,31,32)/t17-,19-/m0/s1. The van der Waals surface area contributed by atoms with E-state index in [1.165, 1.54) is 0 Å². The molecule has 11 heteroatoms. The Bertz CT molecular complexity index is 1060. The van der Waals surface area contributed by atoms with Crippen LogP contribution in [0.2, 0.25) is 0 Å². The Kier molecular flexibility index (Phi) is 8.84. The molecule has 1 aromatic carbocycles. The molecular weight excluding hydrogens is 534 g/mol. The molecule has 0 unspecified atom stereocenters. The second-order valence-electron chi connectivity index (χ2n) is 9.42. The lowest BCUT2D eigenvalue weighted by Gasteiger charge is -2.32. The van der Waals surface area contributed by atoms with Gasteiger partial charge < -0.3 is 20.4 Å². The summed E-state index contributed by atoms with van der Waals surface area (Å²) >= 11 is 3.50. The number of alkyl halides is 2. The molecule has 194 valence electrons. The number of halogens is 3. The van der Waals surface area contributed by atoms with Crippen LogP contribution in [0, 0.1) is 11.8 Å². The molecule has 2 atom stereocenters. The molecule has 0 radical (unpaired) electrons. The Morgan fingerprint density at radius 2 is 1.86 bits per heavy atom. The summed E-state index contributed by atoms with van der Waals surface area (Å²) in [5.41, 5.74) is 2.15. The molecule has 1 aliphatic heterocycles.